The molecule has 35 heavy (non-hydrogen) atoms. The minimum absolute atomic E-state index is 0.0580. The van der Waals surface area contributed by atoms with Crippen LogP contribution < -0.4 is 10.6 Å². The first-order valence-electron chi connectivity index (χ1n) is 12.4. The van der Waals surface area contributed by atoms with Crippen molar-refractivity contribution in [2.24, 2.45) is 0 Å². The average Bonchev–Trinajstić information content (AvgIpc) is 3.02. The lowest BCUT2D eigenvalue weighted by Gasteiger charge is -2.37. The monoisotopic (exact) mass is 485 g/mol. The number of esters is 1. The van der Waals surface area contributed by atoms with Gasteiger partial charge >= 0.3 is 18.0 Å². The molecule has 2 heterocycles. The van der Waals surface area contributed by atoms with Gasteiger partial charge in [0.2, 0.25) is 0 Å². The first-order chi connectivity index (χ1) is 16.6. The van der Waals surface area contributed by atoms with E-state index in [-0.39, 0.29) is 24.7 Å². The second-order valence-electron chi connectivity index (χ2n) is 9.60. The summed E-state index contributed by atoms with van der Waals surface area (Å²) in [6.07, 6.45) is 0.809. The van der Waals surface area contributed by atoms with Crippen LogP contribution in [0.5, 0.6) is 0 Å². The van der Waals surface area contributed by atoms with Crippen molar-refractivity contribution in [3.05, 3.63) is 46.2 Å². The van der Waals surface area contributed by atoms with Crippen molar-refractivity contribution in [2.75, 3.05) is 46.4 Å². The summed E-state index contributed by atoms with van der Waals surface area (Å²) < 4.78 is 5.46. The summed E-state index contributed by atoms with van der Waals surface area (Å²) >= 11 is 0. The van der Waals surface area contributed by atoms with E-state index in [1.807, 2.05) is 50.8 Å². The van der Waals surface area contributed by atoms with Crippen LogP contribution in [0.2, 0.25) is 0 Å². The molecule has 2 aliphatic rings. The van der Waals surface area contributed by atoms with E-state index in [0.717, 1.165) is 29.7 Å². The Balaban J connectivity index is 1.93. The smallest absolute Gasteiger partial charge is 0.338 e. The van der Waals surface area contributed by atoms with Gasteiger partial charge in [0.25, 0.3) is 0 Å². The molecule has 0 bridgehead atoms. The predicted octanol–water partition coefficient (Wildman–Crippen LogP) is 2.94. The van der Waals surface area contributed by atoms with E-state index >= 15 is 0 Å². The third-order valence-corrected chi connectivity index (χ3v) is 6.47. The molecule has 192 valence electrons. The quantitative estimate of drug-likeness (QED) is 0.605. The summed E-state index contributed by atoms with van der Waals surface area (Å²) in [7, 11) is 1.68. The Labute approximate surface area is 208 Å². The number of hydrogen-bond acceptors (Lipinski definition) is 5. The number of hydrogen-bond donors (Lipinski definition) is 2. The number of nitrogens with one attached hydrogen (secondary N) is 2. The standard InChI is InChI=1S/C26H39N5O4/c1-7-35-24(32)22-21(16-30-11-8-12-31(14-13-30)26(34)27-17(2)3)29(6)25(33)28-23(22)20-10-9-18(4)15-19(20)5/h9-10,15,17,23H,7-8,11-14,16H2,1-6H3,(H,27,34)(H,28,33)/t23-/m0/s1. The van der Waals surface area contributed by atoms with Gasteiger partial charge < -0.3 is 20.3 Å². The number of nitrogens with zero attached hydrogens (tertiary/aromatic N) is 3. The Hall–Kier alpha value is -3.07. The van der Waals surface area contributed by atoms with E-state index in [2.05, 4.69) is 15.5 Å². The van der Waals surface area contributed by atoms with Crippen LogP contribution in [0.3, 0.4) is 0 Å². The van der Waals surface area contributed by atoms with Crippen LogP contribution in [-0.2, 0) is 9.53 Å². The molecular weight excluding hydrogens is 446 g/mol. The van der Waals surface area contributed by atoms with E-state index in [9.17, 15) is 14.4 Å². The average molecular weight is 486 g/mol. The molecule has 3 rings (SSSR count). The summed E-state index contributed by atoms with van der Waals surface area (Å²) in [6, 6.07) is 5.18. The van der Waals surface area contributed by atoms with Gasteiger partial charge in [-0.15, -0.1) is 0 Å². The lowest BCUT2D eigenvalue weighted by molar-refractivity contribution is -0.139. The van der Waals surface area contributed by atoms with Gasteiger partial charge in [-0.1, -0.05) is 23.8 Å². The van der Waals surface area contributed by atoms with E-state index in [0.29, 0.717) is 37.4 Å². The lowest BCUT2D eigenvalue weighted by Crippen LogP contribution is -2.50. The van der Waals surface area contributed by atoms with Crippen molar-refractivity contribution in [3.63, 3.8) is 0 Å². The topological polar surface area (TPSA) is 94.2 Å². The Morgan fingerprint density at radius 1 is 1.17 bits per heavy atom. The highest BCUT2D eigenvalue weighted by Crippen LogP contribution is 2.33. The summed E-state index contributed by atoms with van der Waals surface area (Å²) in [5, 5.41) is 5.96. The summed E-state index contributed by atoms with van der Waals surface area (Å²) in [5.41, 5.74) is 4.09. The number of carbonyl (C=O) groups is 3. The van der Waals surface area contributed by atoms with E-state index in [1.165, 1.54) is 4.90 Å². The number of carbonyl (C=O) groups excluding carboxylic acids is 3. The van der Waals surface area contributed by atoms with Crippen LogP contribution in [0.25, 0.3) is 0 Å². The van der Waals surface area contributed by atoms with Crippen LogP contribution in [0.1, 0.15) is 49.9 Å². The second kappa shape index (κ2) is 11.6. The fourth-order valence-electron chi connectivity index (χ4n) is 4.66. The molecule has 0 unspecified atom stereocenters. The number of aryl methyl sites for hydroxylation is 2. The largest absolute Gasteiger partial charge is 0.463 e. The highest BCUT2D eigenvalue weighted by molar-refractivity contribution is 5.95. The molecule has 0 saturated carbocycles. The number of ether oxygens (including phenoxy) is 1. The fourth-order valence-corrected chi connectivity index (χ4v) is 4.66. The lowest BCUT2D eigenvalue weighted by atomic mass is 9.90. The number of likely N-dealkylation sites (N-methyl/N-ethyl adjacent to an activating group) is 1. The van der Waals surface area contributed by atoms with Crippen LogP contribution in [0, 0.1) is 13.8 Å². The molecule has 1 aromatic carbocycles. The molecule has 4 amide bonds. The molecule has 1 fully saturated rings. The normalized spacial score (nSPS) is 19.5. The Morgan fingerprint density at radius 3 is 2.57 bits per heavy atom. The molecular formula is C26H39N5O4. The SMILES string of the molecule is CCOC(=O)C1=C(CN2CCCN(C(=O)NC(C)C)CC2)N(C)C(=O)N[C@H]1c1ccc(C)cc1C. The molecule has 0 radical (unpaired) electrons. The fraction of sp³-hybridized carbons (Fsp3) is 0.577. The van der Waals surface area contributed by atoms with Gasteiger partial charge in [0.1, 0.15) is 0 Å². The van der Waals surface area contributed by atoms with Gasteiger partial charge in [0.05, 0.1) is 18.2 Å². The number of amides is 4. The molecule has 2 aliphatic heterocycles. The van der Waals surface area contributed by atoms with Crippen molar-refractivity contribution in [1.82, 2.24) is 25.3 Å². The summed E-state index contributed by atoms with van der Waals surface area (Å²) in [4.78, 5) is 44.3. The first-order valence-corrected chi connectivity index (χ1v) is 12.4. The molecule has 2 N–H and O–H groups in total. The van der Waals surface area contributed by atoms with Crippen molar-refractivity contribution >= 4 is 18.0 Å². The highest BCUT2D eigenvalue weighted by Gasteiger charge is 2.38. The van der Waals surface area contributed by atoms with Gasteiger partial charge in [-0.25, -0.2) is 14.4 Å². The van der Waals surface area contributed by atoms with Gasteiger partial charge in [0.15, 0.2) is 0 Å². The number of benzene rings is 1. The zero-order chi connectivity index (χ0) is 25.7. The highest BCUT2D eigenvalue weighted by atomic mass is 16.5. The molecule has 0 aliphatic carbocycles. The number of urea groups is 2. The molecule has 1 saturated heterocycles. The Bertz CT molecular complexity index is 990. The van der Waals surface area contributed by atoms with E-state index in [4.69, 9.17) is 4.74 Å². The Morgan fingerprint density at radius 2 is 1.91 bits per heavy atom. The van der Waals surface area contributed by atoms with Gasteiger partial charge in [-0.2, -0.15) is 0 Å². The minimum Gasteiger partial charge on any atom is -0.463 e. The van der Waals surface area contributed by atoms with Crippen molar-refractivity contribution in [2.45, 2.75) is 53.1 Å². The summed E-state index contributed by atoms with van der Waals surface area (Å²) in [6.45, 7) is 13.0. The van der Waals surface area contributed by atoms with Gasteiger partial charge in [-0.3, -0.25) is 9.80 Å². The maximum atomic E-state index is 13.2. The molecule has 1 aromatic rings. The molecule has 9 heteroatoms. The van der Waals surface area contributed by atoms with Crippen molar-refractivity contribution in [1.29, 1.82) is 0 Å². The predicted molar refractivity (Wildman–Crippen MR) is 135 cm³/mol. The second-order valence-corrected chi connectivity index (χ2v) is 9.60. The molecule has 0 aromatic heterocycles. The molecule has 0 spiro atoms. The zero-order valence-electron chi connectivity index (χ0n) is 21.8. The van der Waals surface area contributed by atoms with Crippen LogP contribution in [-0.4, -0.2) is 85.2 Å². The maximum absolute atomic E-state index is 13.2. The summed E-state index contributed by atoms with van der Waals surface area (Å²) in [5.74, 6) is -0.424. The van der Waals surface area contributed by atoms with Gasteiger partial charge in [-0.05, 0) is 52.2 Å². The molecule has 9 nitrogen and oxygen atoms in total. The maximum Gasteiger partial charge on any atom is 0.338 e. The third-order valence-electron chi connectivity index (χ3n) is 6.47. The van der Waals surface area contributed by atoms with Crippen LogP contribution >= 0.6 is 0 Å². The minimum atomic E-state index is -0.589. The Kier molecular flexibility index (Phi) is 8.77. The zero-order valence-corrected chi connectivity index (χ0v) is 21.8. The van der Waals surface area contributed by atoms with Crippen LogP contribution in [0.4, 0.5) is 9.59 Å². The number of rotatable bonds is 6. The molecule has 1 atom stereocenters. The first kappa shape index (κ1) is 26.5. The van der Waals surface area contributed by atoms with Gasteiger partial charge in [0, 0.05) is 51.5 Å². The van der Waals surface area contributed by atoms with Crippen molar-refractivity contribution in [3.8, 4) is 0 Å². The third kappa shape index (κ3) is 6.33. The van der Waals surface area contributed by atoms with Crippen LogP contribution in [0.15, 0.2) is 29.5 Å². The van der Waals surface area contributed by atoms with Crippen molar-refractivity contribution < 1.29 is 19.1 Å². The van der Waals surface area contributed by atoms with E-state index < -0.39 is 12.0 Å². The van der Waals surface area contributed by atoms with E-state index in [1.54, 1.807) is 14.0 Å².